The zero-order valence-electron chi connectivity index (χ0n) is 12.1. The van der Waals surface area contributed by atoms with E-state index in [2.05, 4.69) is 10.6 Å². The summed E-state index contributed by atoms with van der Waals surface area (Å²) in [5, 5.41) is 14.0. The minimum Gasteiger partial charge on any atom is -0.481 e. The Morgan fingerprint density at radius 2 is 1.81 bits per heavy atom. The van der Waals surface area contributed by atoms with Gasteiger partial charge < -0.3 is 15.7 Å². The number of aliphatic carboxylic acids is 1. The Morgan fingerprint density at radius 3 is 2.33 bits per heavy atom. The number of benzene rings is 1. The Hall–Kier alpha value is -2.37. The van der Waals surface area contributed by atoms with E-state index in [4.69, 9.17) is 5.11 Å². The van der Waals surface area contributed by atoms with E-state index in [1.165, 1.54) is 0 Å². The van der Waals surface area contributed by atoms with Crippen LogP contribution in [0.1, 0.15) is 30.6 Å². The van der Waals surface area contributed by atoms with Gasteiger partial charge in [-0.25, -0.2) is 0 Å². The summed E-state index contributed by atoms with van der Waals surface area (Å²) in [5.41, 5.74) is 0.467. The first kappa shape index (κ1) is 16.7. The smallest absolute Gasteiger partial charge is 0.308 e. The maximum atomic E-state index is 11.9. The van der Waals surface area contributed by atoms with Crippen molar-refractivity contribution in [1.29, 1.82) is 0 Å². The molecule has 1 aromatic carbocycles. The highest BCUT2D eigenvalue weighted by atomic mass is 16.4. The van der Waals surface area contributed by atoms with Crippen LogP contribution in [-0.4, -0.2) is 35.5 Å². The Kier molecular flexibility index (Phi) is 6.39. The van der Waals surface area contributed by atoms with Crippen LogP contribution in [0.3, 0.4) is 0 Å². The van der Waals surface area contributed by atoms with Gasteiger partial charge in [0.2, 0.25) is 5.91 Å². The van der Waals surface area contributed by atoms with Crippen LogP contribution in [0.4, 0.5) is 0 Å². The van der Waals surface area contributed by atoms with Crippen LogP contribution < -0.4 is 10.6 Å². The molecule has 114 valence electrons. The molecule has 21 heavy (non-hydrogen) atoms. The largest absolute Gasteiger partial charge is 0.481 e. The number of hydrogen-bond acceptors (Lipinski definition) is 3. The van der Waals surface area contributed by atoms with Crippen LogP contribution in [0.25, 0.3) is 0 Å². The van der Waals surface area contributed by atoms with Crippen molar-refractivity contribution in [2.24, 2.45) is 5.92 Å². The van der Waals surface area contributed by atoms with Crippen molar-refractivity contribution in [3.05, 3.63) is 35.9 Å². The highest BCUT2D eigenvalue weighted by Crippen LogP contribution is 2.01. The lowest BCUT2D eigenvalue weighted by Gasteiger charge is -2.16. The Morgan fingerprint density at radius 1 is 1.19 bits per heavy atom. The van der Waals surface area contributed by atoms with E-state index in [9.17, 15) is 14.4 Å². The van der Waals surface area contributed by atoms with E-state index in [-0.39, 0.29) is 12.5 Å². The molecule has 1 aromatic rings. The molecular weight excluding hydrogens is 272 g/mol. The maximum Gasteiger partial charge on any atom is 0.308 e. The van der Waals surface area contributed by atoms with E-state index in [1.807, 2.05) is 0 Å². The zero-order chi connectivity index (χ0) is 15.8. The van der Waals surface area contributed by atoms with Gasteiger partial charge >= 0.3 is 5.97 Å². The summed E-state index contributed by atoms with van der Waals surface area (Å²) in [4.78, 5) is 34.6. The molecule has 1 rings (SSSR count). The molecule has 0 radical (unpaired) electrons. The number of carbonyl (C=O) groups excluding carboxylic acids is 2. The van der Waals surface area contributed by atoms with Crippen LogP contribution in [0.2, 0.25) is 0 Å². The summed E-state index contributed by atoms with van der Waals surface area (Å²) in [5.74, 6) is -2.31. The predicted molar refractivity (Wildman–Crippen MR) is 77.8 cm³/mol. The topological polar surface area (TPSA) is 95.5 Å². The standard InChI is InChI=1S/C15H20N2O4/c1-3-11(15(20)21)9-16-13(18)10(2)17-14(19)12-7-5-4-6-8-12/h4-8,10-11H,3,9H2,1-2H3,(H,16,18)(H,17,19)(H,20,21). The van der Waals surface area contributed by atoms with Gasteiger partial charge in [-0.05, 0) is 25.5 Å². The van der Waals surface area contributed by atoms with E-state index in [0.29, 0.717) is 12.0 Å². The normalized spacial score (nSPS) is 13.0. The summed E-state index contributed by atoms with van der Waals surface area (Å²) < 4.78 is 0. The lowest BCUT2D eigenvalue weighted by Crippen LogP contribution is -2.46. The number of carboxylic acids is 1. The van der Waals surface area contributed by atoms with Gasteiger partial charge in [0.05, 0.1) is 5.92 Å². The van der Waals surface area contributed by atoms with E-state index in [1.54, 1.807) is 44.2 Å². The minimum atomic E-state index is -0.946. The molecule has 0 aromatic heterocycles. The molecule has 0 fully saturated rings. The lowest BCUT2D eigenvalue weighted by atomic mass is 10.1. The van der Waals surface area contributed by atoms with Gasteiger partial charge in [-0.1, -0.05) is 25.1 Å². The molecule has 0 heterocycles. The molecule has 0 saturated heterocycles. The monoisotopic (exact) mass is 292 g/mol. The second-order valence-corrected chi connectivity index (χ2v) is 4.75. The molecule has 0 bridgehead atoms. The molecule has 0 spiro atoms. The quantitative estimate of drug-likeness (QED) is 0.699. The molecular formula is C15H20N2O4. The van der Waals surface area contributed by atoms with Gasteiger partial charge in [-0.2, -0.15) is 0 Å². The van der Waals surface area contributed by atoms with Gasteiger partial charge in [0.25, 0.3) is 5.91 Å². The summed E-state index contributed by atoms with van der Waals surface area (Å²) in [6.45, 7) is 3.35. The first-order valence-corrected chi connectivity index (χ1v) is 6.82. The molecule has 2 atom stereocenters. The number of carboxylic acid groups (broad SMARTS) is 1. The molecule has 6 heteroatoms. The average molecular weight is 292 g/mol. The van der Waals surface area contributed by atoms with Crippen LogP contribution >= 0.6 is 0 Å². The van der Waals surface area contributed by atoms with Crippen molar-refractivity contribution in [1.82, 2.24) is 10.6 Å². The first-order valence-electron chi connectivity index (χ1n) is 6.82. The number of hydrogen-bond donors (Lipinski definition) is 3. The summed E-state index contributed by atoms with van der Waals surface area (Å²) in [7, 11) is 0. The van der Waals surface area contributed by atoms with Gasteiger partial charge in [0.15, 0.2) is 0 Å². The van der Waals surface area contributed by atoms with Gasteiger partial charge in [0.1, 0.15) is 6.04 Å². The molecule has 6 nitrogen and oxygen atoms in total. The third kappa shape index (κ3) is 5.25. The average Bonchev–Trinajstić information content (AvgIpc) is 2.48. The fourth-order valence-electron chi connectivity index (χ4n) is 1.72. The van der Waals surface area contributed by atoms with Gasteiger partial charge in [-0.15, -0.1) is 0 Å². The third-order valence-corrected chi connectivity index (χ3v) is 3.14. The molecule has 2 amide bonds. The second kappa shape index (κ2) is 8.04. The van der Waals surface area contributed by atoms with Crippen LogP contribution in [0.5, 0.6) is 0 Å². The second-order valence-electron chi connectivity index (χ2n) is 4.75. The number of carbonyl (C=O) groups is 3. The van der Waals surface area contributed by atoms with Crippen LogP contribution in [0, 0.1) is 5.92 Å². The van der Waals surface area contributed by atoms with Crippen LogP contribution in [-0.2, 0) is 9.59 Å². The highest BCUT2D eigenvalue weighted by molar-refractivity contribution is 5.97. The van der Waals surface area contributed by atoms with E-state index < -0.39 is 23.8 Å². The molecule has 2 unspecified atom stereocenters. The Balaban J connectivity index is 2.48. The SMILES string of the molecule is CCC(CNC(=O)C(C)NC(=O)c1ccccc1)C(=O)O. The minimum absolute atomic E-state index is 0.0518. The fourth-order valence-corrected chi connectivity index (χ4v) is 1.72. The van der Waals surface area contributed by atoms with E-state index >= 15 is 0 Å². The maximum absolute atomic E-state index is 11.9. The molecule has 0 aliphatic rings. The fraction of sp³-hybridized carbons (Fsp3) is 0.400. The van der Waals surface area contributed by atoms with Crippen LogP contribution in [0.15, 0.2) is 30.3 Å². The van der Waals surface area contributed by atoms with E-state index in [0.717, 1.165) is 0 Å². The van der Waals surface area contributed by atoms with Crippen molar-refractivity contribution in [3.63, 3.8) is 0 Å². The number of rotatable bonds is 7. The highest BCUT2D eigenvalue weighted by Gasteiger charge is 2.20. The van der Waals surface area contributed by atoms with Crippen molar-refractivity contribution in [3.8, 4) is 0 Å². The van der Waals surface area contributed by atoms with Gasteiger partial charge in [-0.3, -0.25) is 14.4 Å². The molecule has 3 N–H and O–H groups in total. The zero-order valence-corrected chi connectivity index (χ0v) is 12.1. The van der Waals surface area contributed by atoms with Crippen molar-refractivity contribution < 1.29 is 19.5 Å². The van der Waals surface area contributed by atoms with Gasteiger partial charge in [0, 0.05) is 12.1 Å². The first-order chi connectivity index (χ1) is 9.95. The third-order valence-electron chi connectivity index (χ3n) is 3.14. The van der Waals surface area contributed by atoms with Crippen molar-refractivity contribution in [2.45, 2.75) is 26.3 Å². The molecule has 0 aliphatic heterocycles. The van der Waals surface area contributed by atoms with Crippen molar-refractivity contribution in [2.75, 3.05) is 6.54 Å². The number of amides is 2. The Labute approximate surface area is 123 Å². The Bertz CT molecular complexity index is 502. The van der Waals surface area contributed by atoms with Crippen molar-refractivity contribution >= 4 is 17.8 Å². The summed E-state index contributed by atoms with van der Waals surface area (Å²) in [6, 6.07) is 7.83. The molecule has 0 aliphatic carbocycles. The summed E-state index contributed by atoms with van der Waals surface area (Å²) in [6.07, 6.45) is 0.431. The summed E-state index contributed by atoms with van der Waals surface area (Å²) >= 11 is 0. The molecule has 0 saturated carbocycles. The lowest BCUT2D eigenvalue weighted by molar-refractivity contribution is -0.141. The number of nitrogens with one attached hydrogen (secondary N) is 2. The predicted octanol–water partition coefficient (Wildman–Crippen LogP) is 1.03.